The molecule has 5 nitrogen and oxygen atoms in total. The predicted molar refractivity (Wildman–Crippen MR) is 90.4 cm³/mol. The highest BCUT2D eigenvalue weighted by atomic mass is 32.1. The predicted octanol–water partition coefficient (Wildman–Crippen LogP) is 3.22. The van der Waals surface area contributed by atoms with Gasteiger partial charge in [0.25, 0.3) is 5.91 Å². The highest BCUT2D eigenvalue weighted by Gasteiger charge is 2.20. The van der Waals surface area contributed by atoms with Gasteiger partial charge in [-0.2, -0.15) is 5.10 Å². The first kappa shape index (κ1) is 15.4. The largest absolute Gasteiger partial charge is 0.334 e. The van der Waals surface area contributed by atoms with Crippen LogP contribution in [0, 0.1) is 0 Å². The van der Waals surface area contributed by atoms with Crippen LogP contribution in [-0.2, 0) is 6.54 Å². The maximum atomic E-state index is 12.7. The lowest BCUT2D eigenvalue weighted by Crippen LogP contribution is -2.29. The van der Waals surface area contributed by atoms with E-state index >= 15 is 0 Å². The molecule has 0 aliphatic carbocycles. The lowest BCUT2D eigenvalue weighted by atomic mass is 10.1. The van der Waals surface area contributed by atoms with Gasteiger partial charge in [0.05, 0.1) is 18.1 Å². The van der Waals surface area contributed by atoms with E-state index in [0.717, 1.165) is 10.4 Å². The minimum atomic E-state index is 0.00442. The fraction of sp³-hybridized carbons (Fsp3) is 0.235. The number of rotatable bonds is 5. The van der Waals surface area contributed by atoms with Crippen LogP contribution in [0.15, 0.2) is 54.4 Å². The summed E-state index contributed by atoms with van der Waals surface area (Å²) in [4.78, 5) is 19.6. The molecule has 23 heavy (non-hydrogen) atoms. The molecule has 0 saturated carbocycles. The number of hydrogen-bond donors (Lipinski definition) is 0. The van der Waals surface area contributed by atoms with Crippen molar-refractivity contribution in [2.75, 3.05) is 7.05 Å². The standard InChI is InChI=1S/C17H18N4OS/c1-13(16-10-18-12-23-16)20(2)17(22)15-6-3-5-14(9-15)11-21-8-4-7-19-21/h3-10,12-13H,11H2,1-2H3/t13-/m0/s1. The first-order valence-corrected chi connectivity index (χ1v) is 8.25. The molecule has 2 heterocycles. The molecule has 1 amide bonds. The summed E-state index contributed by atoms with van der Waals surface area (Å²) in [5.41, 5.74) is 3.53. The second kappa shape index (κ2) is 6.75. The van der Waals surface area contributed by atoms with Crippen LogP contribution < -0.4 is 0 Å². The third-order valence-electron chi connectivity index (χ3n) is 3.84. The third-order valence-corrected chi connectivity index (χ3v) is 4.79. The summed E-state index contributed by atoms with van der Waals surface area (Å²) >= 11 is 1.56. The maximum Gasteiger partial charge on any atom is 0.254 e. The molecular formula is C17H18N4OS. The normalized spacial score (nSPS) is 12.1. The van der Waals surface area contributed by atoms with Gasteiger partial charge in [-0.15, -0.1) is 11.3 Å². The van der Waals surface area contributed by atoms with Gasteiger partial charge in [-0.3, -0.25) is 14.5 Å². The van der Waals surface area contributed by atoms with Gasteiger partial charge in [0, 0.05) is 36.1 Å². The van der Waals surface area contributed by atoms with Crippen molar-refractivity contribution in [3.63, 3.8) is 0 Å². The molecule has 0 spiro atoms. The molecule has 0 fully saturated rings. The maximum absolute atomic E-state index is 12.7. The highest BCUT2D eigenvalue weighted by Crippen LogP contribution is 2.23. The zero-order valence-electron chi connectivity index (χ0n) is 13.1. The Morgan fingerprint density at radius 2 is 2.26 bits per heavy atom. The van der Waals surface area contributed by atoms with E-state index in [2.05, 4.69) is 10.1 Å². The summed E-state index contributed by atoms with van der Waals surface area (Å²) in [6.07, 6.45) is 5.47. The van der Waals surface area contributed by atoms with Crippen LogP contribution in [0.1, 0.15) is 33.8 Å². The number of carbonyl (C=O) groups is 1. The first-order valence-electron chi connectivity index (χ1n) is 7.37. The minimum absolute atomic E-state index is 0.00442. The van der Waals surface area contributed by atoms with Crippen LogP contribution in [0.3, 0.4) is 0 Å². The van der Waals surface area contributed by atoms with E-state index in [1.54, 1.807) is 27.9 Å². The zero-order chi connectivity index (χ0) is 16.2. The quantitative estimate of drug-likeness (QED) is 0.723. The number of nitrogens with zero attached hydrogens (tertiary/aromatic N) is 4. The molecule has 1 aromatic carbocycles. The second-order valence-electron chi connectivity index (χ2n) is 5.40. The van der Waals surface area contributed by atoms with Crippen molar-refractivity contribution in [2.24, 2.45) is 0 Å². The van der Waals surface area contributed by atoms with E-state index in [1.807, 2.05) is 61.4 Å². The average Bonchev–Trinajstić information content (AvgIpc) is 3.26. The van der Waals surface area contributed by atoms with Crippen molar-refractivity contribution in [1.82, 2.24) is 19.7 Å². The summed E-state index contributed by atoms with van der Waals surface area (Å²) < 4.78 is 1.84. The van der Waals surface area contributed by atoms with Crippen molar-refractivity contribution in [1.29, 1.82) is 0 Å². The molecule has 3 rings (SSSR count). The van der Waals surface area contributed by atoms with Gasteiger partial charge in [0.2, 0.25) is 0 Å². The Morgan fingerprint density at radius 1 is 1.39 bits per heavy atom. The van der Waals surface area contributed by atoms with Crippen LogP contribution in [0.25, 0.3) is 0 Å². The summed E-state index contributed by atoms with van der Waals surface area (Å²) in [6, 6.07) is 9.59. The minimum Gasteiger partial charge on any atom is -0.334 e. The van der Waals surface area contributed by atoms with Crippen LogP contribution in [0.2, 0.25) is 0 Å². The van der Waals surface area contributed by atoms with Crippen molar-refractivity contribution >= 4 is 17.2 Å². The number of aromatic nitrogens is 3. The molecule has 6 heteroatoms. The summed E-state index contributed by atoms with van der Waals surface area (Å²) in [7, 11) is 1.83. The second-order valence-corrected chi connectivity index (χ2v) is 6.32. The van der Waals surface area contributed by atoms with Crippen LogP contribution in [0.4, 0.5) is 0 Å². The number of amides is 1. The van der Waals surface area contributed by atoms with E-state index in [4.69, 9.17) is 0 Å². The van der Waals surface area contributed by atoms with Crippen molar-refractivity contribution < 1.29 is 4.79 Å². The molecular weight excluding hydrogens is 308 g/mol. The van der Waals surface area contributed by atoms with E-state index < -0.39 is 0 Å². The third kappa shape index (κ3) is 3.48. The van der Waals surface area contributed by atoms with Crippen LogP contribution >= 0.6 is 11.3 Å². The monoisotopic (exact) mass is 326 g/mol. The molecule has 0 N–H and O–H groups in total. The SMILES string of the molecule is C[C@@H](c1cncs1)N(C)C(=O)c1cccc(Cn2cccn2)c1. The molecule has 0 unspecified atom stereocenters. The average molecular weight is 326 g/mol. The van der Waals surface area contributed by atoms with E-state index in [9.17, 15) is 4.79 Å². The van der Waals surface area contributed by atoms with Gasteiger partial charge in [-0.25, -0.2) is 0 Å². The zero-order valence-corrected chi connectivity index (χ0v) is 13.9. The Bertz CT molecular complexity index is 768. The van der Waals surface area contributed by atoms with E-state index in [1.165, 1.54) is 0 Å². The lowest BCUT2D eigenvalue weighted by Gasteiger charge is -2.24. The molecule has 3 aromatic rings. The molecule has 0 saturated heterocycles. The summed E-state index contributed by atoms with van der Waals surface area (Å²) in [5.74, 6) is 0.00761. The van der Waals surface area contributed by atoms with Crippen molar-refractivity contribution in [2.45, 2.75) is 19.5 Å². The van der Waals surface area contributed by atoms with Crippen molar-refractivity contribution in [3.05, 3.63) is 70.4 Å². The molecule has 0 aliphatic heterocycles. The Balaban J connectivity index is 1.76. The fourth-order valence-electron chi connectivity index (χ4n) is 2.39. The van der Waals surface area contributed by atoms with Gasteiger partial charge in [-0.05, 0) is 30.7 Å². The van der Waals surface area contributed by atoms with Gasteiger partial charge < -0.3 is 4.90 Å². The highest BCUT2D eigenvalue weighted by molar-refractivity contribution is 7.09. The molecule has 0 bridgehead atoms. The Morgan fingerprint density at radius 3 is 2.96 bits per heavy atom. The van der Waals surface area contributed by atoms with Gasteiger partial charge >= 0.3 is 0 Å². The number of hydrogen-bond acceptors (Lipinski definition) is 4. The Kier molecular flexibility index (Phi) is 4.52. The molecule has 0 aliphatic rings. The Labute approximate surface area is 139 Å². The van der Waals surface area contributed by atoms with Crippen LogP contribution in [0.5, 0.6) is 0 Å². The van der Waals surface area contributed by atoms with Gasteiger partial charge in [0.1, 0.15) is 0 Å². The number of carbonyl (C=O) groups excluding carboxylic acids is 1. The summed E-state index contributed by atoms with van der Waals surface area (Å²) in [6.45, 7) is 2.67. The first-order chi connectivity index (χ1) is 11.1. The summed E-state index contributed by atoms with van der Waals surface area (Å²) in [5, 5.41) is 4.20. The molecule has 0 radical (unpaired) electrons. The van der Waals surface area contributed by atoms with E-state index in [0.29, 0.717) is 12.1 Å². The van der Waals surface area contributed by atoms with Gasteiger partial charge in [0.15, 0.2) is 0 Å². The van der Waals surface area contributed by atoms with Gasteiger partial charge in [-0.1, -0.05) is 12.1 Å². The van der Waals surface area contributed by atoms with Crippen LogP contribution in [-0.4, -0.2) is 32.6 Å². The Hall–Kier alpha value is -2.47. The molecule has 2 aromatic heterocycles. The molecule has 118 valence electrons. The lowest BCUT2D eigenvalue weighted by molar-refractivity contribution is 0.0744. The fourth-order valence-corrected chi connectivity index (χ4v) is 3.11. The van der Waals surface area contributed by atoms with Crippen molar-refractivity contribution in [3.8, 4) is 0 Å². The topological polar surface area (TPSA) is 51.0 Å². The van der Waals surface area contributed by atoms with E-state index in [-0.39, 0.29) is 11.9 Å². The number of benzene rings is 1. The molecule has 1 atom stereocenters. The number of thiazole rings is 1. The smallest absolute Gasteiger partial charge is 0.254 e.